The standard InChI is InChI=1S/C8H7NO3S2/c1-7-2-4-8(5-3-7)14(10,11)12-13-6-9/h2-5H,1H3. The molecule has 0 spiro atoms. The van der Waals surface area contributed by atoms with E-state index in [1.165, 1.54) is 17.5 Å². The highest BCUT2D eigenvalue weighted by Crippen LogP contribution is 2.17. The second-order valence-electron chi connectivity index (χ2n) is 2.51. The van der Waals surface area contributed by atoms with E-state index < -0.39 is 10.1 Å². The van der Waals surface area contributed by atoms with Crippen LogP contribution >= 0.6 is 12.0 Å². The highest BCUT2D eigenvalue weighted by Gasteiger charge is 2.15. The minimum Gasteiger partial charge on any atom is -0.193 e. The lowest BCUT2D eigenvalue weighted by Crippen LogP contribution is -2.00. The summed E-state index contributed by atoms with van der Waals surface area (Å²) in [5.41, 5.74) is 0.955. The number of benzene rings is 1. The Morgan fingerprint density at radius 2 is 1.93 bits per heavy atom. The highest BCUT2D eigenvalue weighted by atomic mass is 32.3. The summed E-state index contributed by atoms with van der Waals surface area (Å²) in [4.78, 5) is 0.0471. The van der Waals surface area contributed by atoms with E-state index in [-0.39, 0.29) is 16.9 Å². The van der Waals surface area contributed by atoms with Crippen LogP contribution in [-0.2, 0) is 13.7 Å². The molecular formula is C8H7NO3S2. The van der Waals surface area contributed by atoms with E-state index in [9.17, 15) is 8.42 Å². The number of aryl methyl sites for hydroxylation is 1. The predicted molar refractivity (Wildman–Crippen MR) is 52.7 cm³/mol. The third-order valence-electron chi connectivity index (χ3n) is 1.47. The number of rotatable bonds is 3. The first-order valence-corrected chi connectivity index (χ1v) is 5.77. The van der Waals surface area contributed by atoms with Gasteiger partial charge < -0.3 is 0 Å². The van der Waals surface area contributed by atoms with Crippen LogP contribution in [0.25, 0.3) is 0 Å². The van der Waals surface area contributed by atoms with Gasteiger partial charge in [0, 0.05) is 0 Å². The number of hydrogen-bond donors (Lipinski definition) is 0. The number of thiocyanates is 1. The molecule has 74 valence electrons. The maximum Gasteiger partial charge on any atom is 0.308 e. The SMILES string of the molecule is Cc1ccc(S(=O)(=O)OSC#N)cc1. The van der Waals surface area contributed by atoms with Crippen LogP contribution in [0.4, 0.5) is 0 Å². The Hall–Kier alpha value is -1.03. The summed E-state index contributed by atoms with van der Waals surface area (Å²) in [5.74, 6) is 0. The van der Waals surface area contributed by atoms with Gasteiger partial charge in [-0.05, 0) is 19.1 Å². The fourth-order valence-corrected chi connectivity index (χ4v) is 2.07. The Bertz CT molecular complexity index is 444. The summed E-state index contributed by atoms with van der Waals surface area (Å²) >= 11 is 0.232. The van der Waals surface area contributed by atoms with Gasteiger partial charge in [0.25, 0.3) is 0 Å². The molecule has 0 heterocycles. The average molecular weight is 229 g/mol. The van der Waals surface area contributed by atoms with Crippen LogP contribution in [0, 0.1) is 17.6 Å². The smallest absolute Gasteiger partial charge is 0.193 e. The van der Waals surface area contributed by atoms with E-state index in [1.807, 2.05) is 6.92 Å². The minimum absolute atomic E-state index is 0.0471. The molecule has 0 aliphatic heterocycles. The first kappa shape index (κ1) is 11.0. The maximum atomic E-state index is 11.3. The summed E-state index contributed by atoms with van der Waals surface area (Å²) in [6.07, 6.45) is 0. The van der Waals surface area contributed by atoms with Gasteiger partial charge in [0.15, 0.2) is 5.40 Å². The average Bonchev–Trinajstić information content (AvgIpc) is 2.16. The molecule has 0 aliphatic rings. The molecule has 0 aliphatic carbocycles. The predicted octanol–water partition coefficient (Wildman–Crippen LogP) is 1.83. The molecule has 4 nitrogen and oxygen atoms in total. The van der Waals surface area contributed by atoms with Gasteiger partial charge in [-0.25, -0.2) is 0 Å². The molecule has 1 aromatic rings. The van der Waals surface area contributed by atoms with E-state index in [0.29, 0.717) is 0 Å². The lowest BCUT2D eigenvalue weighted by atomic mass is 10.2. The van der Waals surface area contributed by atoms with Crippen LogP contribution in [0.2, 0.25) is 0 Å². The first-order valence-electron chi connectivity index (χ1n) is 3.62. The van der Waals surface area contributed by atoms with Crippen molar-refractivity contribution in [1.82, 2.24) is 0 Å². The lowest BCUT2D eigenvalue weighted by Gasteiger charge is -2.00. The fourth-order valence-electron chi connectivity index (χ4n) is 0.804. The van der Waals surface area contributed by atoms with E-state index in [0.717, 1.165) is 5.56 Å². The molecule has 0 saturated carbocycles. The van der Waals surface area contributed by atoms with Crippen molar-refractivity contribution < 1.29 is 12.0 Å². The largest absolute Gasteiger partial charge is 0.308 e. The number of nitrogens with zero attached hydrogens (tertiary/aromatic N) is 1. The lowest BCUT2D eigenvalue weighted by molar-refractivity contribution is 0.520. The first-order chi connectivity index (χ1) is 6.56. The zero-order valence-corrected chi connectivity index (χ0v) is 8.93. The Morgan fingerprint density at radius 1 is 1.36 bits per heavy atom. The molecule has 0 radical (unpaired) electrons. The second kappa shape index (κ2) is 4.46. The van der Waals surface area contributed by atoms with Gasteiger partial charge in [-0.15, -0.1) is 0 Å². The minimum atomic E-state index is -3.80. The van der Waals surface area contributed by atoms with Crippen molar-refractivity contribution in [2.45, 2.75) is 11.8 Å². The topological polar surface area (TPSA) is 67.2 Å². The molecule has 0 amide bonds. The van der Waals surface area contributed by atoms with Gasteiger partial charge >= 0.3 is 10.1 Å². The van der Waals surface area contributed by atoms with Crippen molar-refractivity contribution in [3.05, 3.63) is 29.8 Å². The van der Waals surface area contributed by atoms with Crippen molar-refractivity contribution in [3.8, 4) is 5.40 Å². The molecule has 0 N–H and O–H groups in total. The zero-order valence-electron chi connectivity index (χ0n) is 7.30. The monoisotopic (exact) mass is 229 g/mol. The molecular weight excluding hydrogens is 222 g/mol. The molecule has 1 aromatic carbocycles. The number of hydrogen-bond acceptors (Lipinski definition) is 5. The van der Waals surface area contributed by atoms with Crippen molar-refractivity contribution >= 4 is 22.2 Å². The second-order valence-corrected chi connectivity index (χ2v) is 4.78. The van der Waals surface area contributed by atoms with Crippen LogP contribution in [-0.4, -0.2) is 8.42 Å². The molecule has 0 saturated heterocycles. The molecule has 0 unspecified atom stereocenters. The zero-order chi connectivity index (χ0) is 10.6. The molecule has 6 heteroatoms. The Morgan fingerprint density at radius 3 is 2.43 bits per heavy atom. The third kappa shape index (κ3) is 2.73. The van der Waals surface area contributed by atoms with Crippen molar-refractivity contribution in [2.24, 2.45) is 0 Å². The Kier molecular flexibility index (Phi) is 3.52. The van der Waals surface area contributed by atoms with Gasteiger partial charge in [0.05, 0.1) is 4.90 Å². The Labute approximate surface area is 86.8 Å². The molecule has 0 aromatic heterocycles. The van der Waals surface area contributed by atoms with Gasteiger partial charge in [-0.1, -0.05) is 17.7 Å². The van der Waals surface area contributed by atoms with Crippen LogP contribution in [0.15, 0.2) is 29.2 Å². The molecule has 1 rings (SSSR count). The molecule has 0 bridgehead atoms. The summed E-state index contributed by atoms with van der Waals surface area (Å²) in [6, 6.07) is 6.19. The van der Waals surface area contributed by atoms with Gasteiger partial charge in [-0.3, -0.25) is 0 Å². The fraction of sp³-hybridized carbons (Fsp3) is 0.125. The van der Waals surface area contributed by atoms with Gasteiger partial charge in [0.2, 0.25) is 0 Å². The van der Waals surface area contributed by atoms with Gasteiger partial charge in [0.1, 0.15) is 12.0 Å². The normalized spacial score (nSPS) is 10.9. The highest BCUT2D eigenvalue weighted by molar-refractivity contribution is 8.07. The summed E-state index contributed by atoms with van der Waals surface area (Å²) in [7, 11) is -3.80. The van der Waals surface area contributed by atoms with Crippen LogP contribution in [0.1, 0.15) is 5.56 Å². The van der Waals surface area contributed by atoms with Crippen molar-refractivity contribution in [1.29, 1.82) is 5.26 Å². The van der Waals surface area contributed by atoms with E-state index >= 15 is 0 Å². The van der Waals surface area contributed by atoms with Crippen LogP contribution in [0.5, 0.6) is 0 Å². The number of nitriles is 1. The van der Waals surface area contributed by atoms with Crippen molar-refractivity contribution in [3.63, 3.8) is 0 Å². The van der Waals surface area contributed by atoms with Gasteiger partial charge in [-0.2, -0.15) is 17.3 Å². The summed E-state index contributed by atoms with van der Waals surface area (Å²) in [6.45, 7) is 1.85. The quantitative estimate of drug-likeness (QED) is 0.584. The van der Waals surface area contributed by atoms with E-state index in [2.05, 4.69) is 3.63 Å². The molecule has 14 heavy (non-hydrogen) atoms. The van der Waals surface area contributed by atoms with Crippen LogP contribution < -0.4 is 0 Å². The van der Waals surface area contributed by atoms with Crippen molar-refractivity contribution in [2.75, 3.05) is 0 Å². The molecule has 0 fully saturated rings. The van der Waals surface area contributed by atoms with E-state index in [4.69, 9.17) is 5.26 Å². The maximum absolute atomic E-state index is 11.3. The molecule has 0 atom stereocenters. The van der Waals surface area contributed by atoms with E-state index in [1.54, 1.807) is 12.1 Å². The third-order valence-corrected chi connectivity index (χ3v) is 3.38. The Balaban J connectivity index is 2.94. The van der Waals surface area contributed by atoms with Crippen LogP contribution in [0.3, 0.4) is 0 Å². The summed E-state index contributed by atoms with van der Waals surface area (Å²) < 4.78 is 26.9. The summed E-state index contributed by atoms with van der Waals surface area (Å²) in [5, 5.41) is 9.66.